The van der Waals surface area contributed by atoms with Gasteiger partial charge in [-0.2, -0.15) is 0 Å². The zero-order valence-electron chi connectivity index (χ0n) is 17.7. The molecule has 2 aromatic carbocycles. The fraction of sp³-hybridized carbons (Fsp3) is 0.333. The van der Waals surface area contributed by atoms with Crippen LogP contribution in [0.4, 0.5) is 0 Å². The van der Waals surface area contributed by atoms with Gasteiger partial charge < -0.3 is 15.2 Å². The number of primary sulfonamides is 1. The SMILES string of the molecule is CCNC(=NCc1ccc(S(N)(=O)=O)cc1)NCCCn1c(C)nc2ccccc21.I. The van der Waals surface area contributed by atoms with Crippen LogP contribution in [0.5, 0.6) is 0 Å². The quantitative estimate of drug-likeness (QED) is 0.171. The molecule has 31 heavy (non-hydrogen) atoms. The summed E-state index contributed by atoms with van der Waals surface area (Å²) < 4.78 is 24.9. The van der Waals surface area contributed by atoms with Crippen LogP contribution in [0.25, 0.3) is 11.0 Å². The Bertz CT molecular complexity index is 1130. The number of imidazole rings is 1. The minimum atomic E-state index is -3.68. The Morgan fingerprint density at radius 1 is 1.13 bits per heavy atom. The van der Waals surface area contributed by atoms with E-state index >= 15 is 0 Å². The van der Waals surface area contributed by atoms with E-state index in [1.165, 1.54) is 12.1 Å². The summed E-state index contributed by atoms with van der Waals surface area (Å²) in [4.78, 5) is 9.27. The molecule has 3 rings (SSSR count). The summed E-state index contributed by atoms with van der Waals surface area (Å²) >= 11 is 0. The first kappa shape index (κ1) is 25.1. The van der Waals surface area contributed by atoms with Crippen molar-refractivity contribution in [2.45, 2.75) is 38.3 Å². The Kier molecular flexibility index (Phi) is 9.26. The highest BCUT2D eigenvalue weighted by atomic mass is 127. The first-order valence-electron chi connectivity index (χ1n) is 9.94. The van der Waals surface area contributed by atoms with Crippen molar-refractivity contribution in [3.8, 4) is 0 Å². The normalized spacial score (nSPS) is 11.9. The summed E-state index contributed by atoms with van der Waals surface area (Å²) in [5, 5.41) is 11.7. The highest BCUT2D eigenvalue weighted by Gasteiger charge is 2.07. The second-order valence-electron chi connectivity index (χ2n) is 6.96. The highest BCUT2D eigenvalue weighted by Crippen LogP contribution is 2.15. The van der Waals surface area contributed by atoms with Gasteiger partial charge in [-0.3, -0.25) is 0 Å². The third-order valence-corrected chi connectivity index (χ3v) is 5.64. The summed E-state index contributed by atoms with van der Waals surface area (Å²) in [7, 11) is -3.68. The molecule has 4 N–H and O–H groups in total. The van der Waals surface area contributed by atoms with Gasteiger partial charge in [0.15, 0.2) is 5.96 Å². The van der Waals surface area contributed by atoms with Crippen LogP contribution in [0.3, 0.4) is 0 Å². The summed E-state index contributed by atoms with van der Waals surface area (Å²) in [6.45, 7) is 6.86. The zero-order chi connectivity index (χ0) is 21.6. The van der Waals surface area contributed by atoms with Crippen LogP contribution in [0.2, 0.25) is 0 Å². The van der Waals surface area contributed by atoms with Crippen LogP contribution in [-0.2, 0) is 23.1 Å². The van der Waals surface area contributed by atoms with E-state index in [0.717, 1.165) is 54.4 Å². The van der Waals surface area contributed by atoms with Crippen molar-refractivity contribution < 1.29 is 8.42 Å². The molecule has 0 amide bonds. The van der Waals surface area contributed by atoms with E-state index < -0.39 is 10.0 Å². The van der Waals surface area contributed by atoms with Gasteiger partial charge in [-0.15, -0.1) is 24.0 Å². The Hall–Kier alpha value is -2.18. The highest BCUT2D eigenvalue weighted by molar-refractivity contribution is 14.0. The molecule has 0 atom stereocenters. The minimum absolute atomic E-state index is 0. The van der Waals surface area contributed by atoms with Crippen LogP contribution in [0.1, 0.15) is 24.7 Å². The average molecular weight is 556 g/mol. The van der Waals surface area contributed by atoms with Crippen molar-refractivity contribution in [2.24, 2.45) is 10.1 Å². The van der Waals surface area contributed by atoms with Crippen molar-refractivity contribution in [2.75, 3.05) is 13.1 Å². The molecule has 1 aromatic heterocycles. The summed E-state index contributed by atoms with van der Waals surface area (Å²) in [6.07, 6.45) is 0.925. The molecule has 0 saturated carbocycles. The number of sulfonamides is 1. The van der Waals surface area contributed by atoms with Crippen molar-refractivity contribution >= 4 is 51.0 Å². The van der Waals surface area contributed by atoms with Gasteiger partial charge in [0.25, 0.3) is 0 Å². The lowest BCUT2D eigenvalue weighted by Gasteiger charge is -2.12. The number of nitrogens with zero attached hydrogens (tertiary/aromatic N) is 3. The smallest absolute Gasteiger partial charge is 0.238 e. The fourth-order valence-electron chi connectivity index (χ4n) is 3.22. The van der Waals surface area contributed by atoms with Crippen LogP contribution >= 0.6 is 24.0 Å². The van der Waals surface area contributed by atoms with Gasteiger partial charge in [0.1, 0.15) is 5.82 Å². The molecule has 0 saturated heterocycles. The van der Waals surface area contributed by atoms with Crippen LogP contribution < -0.4 is 15.8 Å². The third kappa shape index (κ3) is 6.91. The first-order valence-corrected chi connectivity index (χ1v) is 11.5. The van der Waals surface area contributed by atoms with E-state index in [2.05, 4.69) is 31.2 Å². The lowest BCUT2D eigenvalue weighted by molar-refractivity contribution is 0.597. The number of nitrogens with two attached hydrogens (primary N) is 1. The van der Waals surface area contributed by atoms with E-state index in [9.17, 15) is 8.42 Å². The Morgan fingerprint density at radius 3 is 2.52 bits per heavy atom. The number of rotatable bonds is 8. The molecule has 0 bridgehead atoms. The van der Waals surface area contributed by atoms with Gasteiger partial charge >= 0.3 is 0 Å². The monoisotopic (exact) mass is 556 g/mol. The van der Waals surface area contributed by atoms with E-state index in [1.54, 1.807) is 12.1 Å². The van der Waals surface area contributed by atoms with Crippen molar-refractivity contribution in [3.63, 3.8) is 0 Å². The molecule has 0 radical (unpaired) electrons. The van der Waals surface area contributed by atoms with E-state index in [1.807, 2.05) is 32.0 Å². The number of aromatic nitrogens is 2. The van der Waals surface area contributed by atoms with Gasteiger partial charge in [-0.1, -0.05) is 24.3 Å². The molecule has 8 nitrogen and oxygen atoms in total. The number of guanidine groups is 1. The second-order valence-corrected chi connectivity index (χ2v) is 8.53. The molecular formula is C21H29IN6O2S. The summed E-state index contributed by atoms with van der Waals surface area (Å²) in [5.74, 6) is 1.74. The standard InChI is InChI=1S/C21H28N6O2S.HI/c1-3-23-21(25-15-17-9-11-18(12-10-17)30(22,28)29)24-13-6-14-27-16(2)26-19-7-4-5-8-20(19)27;/h4-5,7-12H,3,6,13-15H2,1-2H3,(H2,22,28,29)(H2,23,24,25);1H. The Labute approximate surface area is 200 Å². The van der Waals surface area contributed by atoms with Gasteiger partial charge in [0, 0.05) is 19.6 Å². The summed E-state index contributed by atoms with van der Waals surface area (Å²) in [6, 6.07) is 14.6. The van der Waals surface area contributed by atoms with Crippen LogP contribution in [0.15, 0.2) is 58.4 Å². The van der Waals surface area contributed by atoms with Crippen LogP contribution in [0, 0.1) is 6.92 Å². The number of benzene rings is 2. The number of hydrogen-bond donors (Lipinski definition) is 3. The molecule has 3 aromatic rings. The molecule has 0 aliphatic carbocycles. The minimum Gasteiger partial charge on any atom is -0.357 e. The summed E-state index contributed by atoms with van der Waals surface area (Å²) in [5.41, 5.74) is 3.07. The maximum absolute atomic E-state index is 11.3. The lowest BCUT2D eigenvalue weighted by atomic mass is 10.2. The van der Waals surface area contributed by atoms with Crippen LogP contribution in [-0.4, -0.2) is 37.0 Å². The average Bonchev–Trinajstić information content (AvgIpc) is 3.04. The number of aliphatic imine (C=N–C) groups is 1. The maximum Gasteiger partial charge on any atom is 0.238 e. The molecule has 0 fully saturated rings. The number of nitrogens with one attached hydrogen (secondary N) is 2. The van der Waals surface area contributed by atoms with Gasteiger partial charge in [-0.05, 0) is 50.1 Å². The van der Waals surface area contributed by atoms with E-state index in [-0.39, 0.29) is 28.9 Å². The molecule has 0 aliphatic rings. The van der Waals surface area contributed by atoms with Crippen molar-refractivity contribution in [3.05, 3.63) is 59.9 Å². The number of halogens is 1. The number of para-hydroxylation sites is 2. The molecule has 0 aliphatic heterocycles. The largest absolute Gasteiger partial charge is 0.357 e. The fourth-order valence-corrected chi connectivity index (χ4v) is 3.73. The molecule has 1 heterocycles. The number of fused-ring (bicyclic) bond motifs is 1. The lowest BCUT2D eigenvalue weighted by Crippen LogP contribution is -2.38. The third-order valence-electron chi connectivity index (χ3n) is 4.71. The van der Waals surface area contributed by atoms with Gasteiger partial charge in [0.2, 0.25) is 10.0 Å². The molecular weight excluding hydrogens is 527 g/mol. The first-order chi connectivity index (χ1) is 14.4. The molecule has 0 spiro atoms. The van der Waals surface area contributed by atoms with Crippen molar-refractivity contribution in [1.29, 1.82) is 0 Å². The van der Waals surface area contributed by atoms with Gasteiger partial charge in [-0.25, -0.2) is 23.5 Å². The zero-order valence-corrected chi connectivity index (χ0v) is 20.9. The number of aryl methyl sites for hydroxylation is 2. The predicted molar refractivity (Wildman–Crippen MR) is 135 cm³/mol. The molecule has 0 unspecified atom stereocenters. The predicted octanol–water partition coefficient (Wildman–Crippen LogP) is 2.76. The van der Waals surface area contributed by atoms with E-state index in [4.69, 9.17) is 5.14 Å². The van der Waals surface area contributed by atoms with Gasteiger partial charge in [0.05, 0.1) is 22.5 Å². The van der Waals surface area contributed by atoms with Crippen molar-refractivity contribution in [1.82, 2.24) is 20.2 Å². The molecule has 10 heteroatoms. The topological polar surface area (TPSA) is 114 Å². The maximum atomic E-state index is 11.3. The second kappa shape index (κ2) is 11.4. The Morgan fingerprint density at radius 2 is 1.84 bits per heavy atom. The molecule has 168 valence electrons. The Balaban J connectivity index is 0.00000341. The number of hydrogen-bond acceptors (Lipinski definition) is 4. The van der Waals surface area contributed by atoms with E-state index in [0.29, 0.717) is 6.54 Å².